The minimum Gasteiger partial charge on any atom is -0.497 e. The molecule has 1 atom stereocenters. The lowest BCUT2D eigenvalue weighted by atomic mass is 10.1. The number of hydrogen-bond donors (Lipinski definition) is 1. The molecule has 0 unspecified atom stereocenters. The fourth-order valence-electron chi connectivity index (χ4n) is 3.25. The Labute approximate surface area is 185 Å². The summed E-state index contributed by atoms with van der Waals surface area (Å²) >= 11 is 0. The summed E-state index contributed by atoms with van der Waals surface area (Å²) in [6.45, 7) is 0.0118. The molecule has 2 amide bonds. The largest absolute Gasteiger partial charge is 0.497 e. The number of esters is 1. The van der Waals surface area contributed by atoms with E-state index in [1.165, 1.54) is 30.2 Å². The molecule has 1 N–H and O–H groups in total. The van der Waals surface area contributed by atoms with Gasteiger partial charge in [-0.2, -0.15) is 0 Å². The van der Waals surface area contributed by atoms with E-state index < -0.39 is 23.9 Å². The highest BCUT2D eigenvalue weighted by atomic mass is 19.1. The second-order valence-electron chi connectivity index (χ2n) is 7.01. The number of anilines is 1. The predicted molar refractivity (Wildman–Crippen MR) is 117 cm³/mol. The number of carbonyl (C=O) groups is 2. The Balaban J connectivity index is 1.93. The van der Waals surface area contributed by atoms with Gasteiger partial charge in [-0.1, -0.05) is 18.2 Å². The van der Waals surface area contributed by atoms with Crippen LogP contribution in [-0.4, -0.2) is 42.3 Å². The SMILES string of the molecule is COC(=O)CCN(C(=O)N[C@@H](c1ccc(OC)cc1)c1nccn1C)c1cccc(F)c1. The zero-order valence-corrected chi connectivity index (χ0v) is 18.1. The molecule has 9 heteroatoms. The molecule has 0 aliphatic heterocycles. The molecule has 1 heterocycles. The lowest BCUT2D eigenvalue weighted by Crippen LogP contribution is -2.43. The molecule has 1 aromatic heterocycles. The normalized spacial score (nSPS) is 11.5. The minimum absolute atomic E-state index is 0.0118. The van der Waals surface area contributed by atoms with Crippen LogP contribution in [0.5, 0.6) is 5.75 Å². The monoisotopic (exact) mass is 440 g/mol. The maximum Gasteiger partial charge on any atom is 0.322 e. The second-order valence-corrected chi connectivity index (χ2v) is 7.01. The van der Waals surface area contributed by atoms with Crippen molar-refractivity contribution in [3.05, 3.63) is 78.1 Å². The number of aryl methyl sites for hydroxylation is 1. The van der Waals surface area contributed by atoms with Gasteiger partial charge < -0.3 is 19.4 Å². The van der Waals surface area contributed by atoms with Gasteiger partial charge in [0.15, 0.2) is 0 Å². The third-order valence-electron chi connectivity index (χ3n) is 4.97. The van der Waals surface area contributed by atoms with Gasteiger partial charge in [0.1, 0.15) is 23.4 Å². The molecular weight excluding hydrogens is 415 g/mol. The van der Waals surface area contributed by atoms with Gasteiger partial charge >= 0.3 is 12.0 Å². The molecule has 8 nitrogen and oxygen atoms in total. The average Bonchev–Trinajstić information content (AvgIpc) is 3.23. The smallest absolute Gasteiger partial charge is 0.322 e. The summed E-state index contributed by atoms with van der Waals surface area (Å²) in [5.41, 5.74) is 1.10. The van der Waals surface area contributed by atoms with Gasteiger partial charge in [-0.05, 0) is 35.9 Å². The van der Waals surface area contributed by atoms with Crippen LogP contribution >= 0.6 is 0 Å². The molecule has 3 aromatic rings. The first kappa shape index (κ1) is 22.8. The summed E-state index contributed by atoms with van der Waals surface area (Å²) in [5.74, 6) is 0.318. The van der Waals surface area contributed by atoms with Crippen LogP contribution in [0.1, 0.15) is 23.9 Å². The van der Waals surface area contributed by atoms with Crippen LogP contribution in [0, 0.1) is 5.82 Å². The van der Waals surface area contributed by atoms with Crippen molar-refractivity contribution < 1.29 is 23.5 Å². The Morgan fingerprint density at radius 3 is 2.53 bits per heavy atom. The number of ether oxygens (including phenoxy) is 2. The van der Waals surface area contributed by atoms with Crippen LogP contribution in [0.3, 0.4) is 0 Å². The number of aromatic nitrogens is 2. The number of methoxy groups -OCH3 is 2. The highest BCUT2D eigenvalue weighted by Gasteiger charge is 2.25. The Morgan fingerprint density at radius 1 is 1.19 bits per heavy atom. The van der Waals surface area contributed by atoms with Gasteiger partial charge in [0.05, 0.1) is 20.6 Å². The summed E-state index contributed by atoms with van der Waals surface area (Å²) in [4.78, 5) is 30.7. The Hall–Kier alpha value is -3.88. The number of benzene rings is 2. The van der Waals surface area contributed by atoms with Crippen LogP contribution < -0.4 is 15.0 Å². The van der Waals surface area contributed by atoms with E-state index in [-0.39, 0.29) is 13.0 Å². The van der Waals surface area contributed by atoms with Gasteiger partial charge in [0, 0.05) is 31.7 Å². The standard InChI is InChI=1S/C23H25FN4O4/c1-27-14-12-25-22(27)21(16-7-9-19(31-2)10-8-16)26-23(30)28(13-11-20(29)32-3)18-6-4-5-17(24)15-18/h4-10,12,14-15,21H,11,13H2,1-3H3,(H,26,30)/t21-/m0/s1. The van der Waals surface area contributed by atoms with Crippen molar-refractivity contribution in [2.24, 2.45) is 7.05 Å². The summed E-state index contributed by atoms with van der Waals surface area (Å²) in [7, 11) is 4.67. The molecule has 0 saturated heterocycles. The number of amides is 2. The highest BCUT2D eigenvalue weighted by molar-refractivity contribution is 5.93. The van der Waals surface area contributed by atoms with Crippen molar-refractivity contribution in [1.82, 2.24) is 14.9 Å². The topological polar surface area (TPSA) is 85.7 Å². The second kappa shape index (κ2) is 10.4. The van der Waals surface area contributed by atoms with Gasteiger partial charge in [-0.15, -0.1) is 0 Å². The molecule has 3 rings (SSSR count). The third kappa shape index (κ3) is 5.42. The first-order chi connectivity index (χ1) is 15.4. The van der Waals surface area contributed by atoms with Crippen LogP contribution in [0.4, 0.5) is 14.9 Å². The minimum atomic E-state index is -0.595. The highest BCUT2D eigenvalue weighted by Crippen LogP contribution is 2.24. The number of rotatable bonds is 8. The number of halogens is 1. The Bertz CT molecular complexity index is 1070. The quantitative estimate of drug-likeness (QED) is 0.543. The van der Waals surface area contributed by atoms with E-state index in [0.29, 0.717) is 17.3 Å². The predicted octanol–water partition coefficient (Wildman–Crippen LogP) is 3.44. The van der Waals surface area contributed by atoms with Crippen molar-refractivity contribution in [3.63, 3.8) is 0 Å². The fourth-order valence-corrected chi connectivity index (χ4v) is 3.25. The fraction of sp³-hybridized carbons (Fsp3) is 0.261. The first-order valence-corrected chi connectivity index (χ1v) is 9.94. The van der Waals surface area contributed by atoms with Crippen molar-refractivity contribution in [2.45, 2.75) is 12.5 Å². The molecular formula is C23H25FN4O4. The number of nitrogens with zero attached hydrogens (tertiary/aromatic N) is 3. The molecule has 0 fully saturated rings. The lowest BCUT2D eigenvalue weighted by Gasteiger charge is -2.27. The van der Waals surface area contributed by atoms with E-state index in [0.717, 1.165) is 5.56 Å². The summed E-state index contributed by atoms with van der Waals surface area (Å²) in [5, 5.41) is 2.96. The zero-order chi connectivity index (χ0) is 23.1. The molecule has 0 aliphatic carbocycles. The maximum atomic E-state index is 13.9. The molecule has 0 radical (unpaired) electrons. The molecule has 0 spiro atoms. The van der Waals surface area contributed by atoms with E-state index in [4.69, 9.17) is 9.47 Å². The van der Waals surface area contributed by atoms with Gasteiger partial charge in [0.2, 0.25) is 0 Å². The van der Waals surface area contributed by atoms with Gasteiger partial charge in [0.25, 0.3) is 0 Å². The third-order valence-corrected chi connectivity index (χ3v) is 4.97. The Kier molecular flexibility index (Phi) is 7.43. The molecule has 2 aromatic carbocycles. The first-order valence-electron chi connectivity index (χ1n) is 9.94. The lowest BCUT2D eigenvalue weighted by molar-refractivity contribution is -0.140. The molecule has 168 valence electrons. The number of hydrogen-bond acceptors (Lipinski definition) is 5. The number of imidazole rings is 1. The van der Waals surface area contributed by atoms with Crippen LogP contribution in [-0.2, 0) is 16.6 Å². The van der Waals surface area contributed by atoms with Crippen molar-refractivity contribution in [1.29, 1.82) is 0 Å². The van der Waals surface area contributed by atoms with Crippen molar-refractivity contribution >= 4 is 17.7 Å². The summed E-state index contributed by atoms with van der Waals surface area (Å²) in [6.07, 6.45) is 3.37. The Morgan fingerprint density at radius 2 is 1.94 bits per heavy atom. The summed E-state index contributed by atoms with van der Waals surface area (Å²) in [6, 6.07) is 11.8. The zero-order valence-electron chi connectivity index (χ0n) is 18.1. The molecule has 32 heavy (non-hydrogen) atoms. The van der Waals surface area contributed by atoms with E-state index >= 15 is 0 Å². The summed E-state index contributed by atoms with van der Waals surface area (Å²) < 4.78 is 25.6. The van der Waals surface area contributed by atoms with Crippen LogP contribution in [0.15, 0.2) is 60.9 Å². The number of nitrogens with one attached hydrogen (secondary N) is 1. The number of carbonyl (C=O) groups excluding carboxylic acids is 2. The van der Waals surface area contributed by atoms with Gasteiger partial charge in [-0.25, -0.2) is 14.2 Å². The van der Waals surface area contributed by atoms with E-state index in [2.05, 4.69) is 10.3 Å². The molecule has 0 aliphatic rings. The van der Waals surface area contributed by atoms with E-state index in [1.54, 1.807) is 42.3 Å². The number of urea groups is 1. The molecule has 0 bridgehead atoms. The van der Waals surface area contributed by atoms with E-state index in [9.17, 15) is 14.0 Å². The van der Waals surface area contributed by atoms with Crippen LogP contribution in [0.2, 0.25) is 0 Å². The van der Waals surface area contributed by atoms with E-state index in [1.807, 2.05) is 19.2 Å². The van der Waals surface area contributed by atoms with Gasteiger partial charge in [-0.3, -0.25) is 9.69 Å². The molecule has 0 saturated carbocycles. The maximum absolute atomic E-state index is 13.9. The van der Waals surface area contributed by atoms with Crippen molar-refractivity contribution in [3.8, 4) is 5.75 Å². The average molecular weight is 440 g/mol. The van der Waals surface area contributed by atoms with Crippen LogP contribution in [0.25, 0.3) is 0 Å². The van der Waals surface area contributed by atoms with Crippen molar-refractivity contribution in [2.75, 3.05) is 25.7 Å².